The average molecular weight is 440 g/mol. The molecule has 2 saturated heterocycles. The van der Waals surface area contributed by atoms with Crippen LogP contribution in [-0.4, -0.2) is 124 Å². The van der Waals surface area contributed by atoms with E-state index in [0.717, 1.165) is 19.6 Å². The number of rotatable bonds is 10. The number of benzene rings is 1. The van der Waals surface area contributed by atoms with Crippen LogP contribution in [0.4, 0.5) is 4.39 Å². The van der Waals surface area contributed by atoms with Crippen molar-refractivity contribution in [2.24, 2.45) is 0 Å². The van der Waals surface area contributed by atoms with Crippen molar-refractivity contribution in [3.63, 3.8) is 0 Å². The molecule has 3 rings (SSSR count). The molecule has 1 aromatic rings. The number of β-amino-alcohol motifs (C(OH)–C–C–N with tert-alkyl or cyclic N) is 1. The van der Waals surface area contributed by atoms with Gasteiger partial charge in [0, 0.05) is 65.0 Å². The molecule has 2 fully saturated rings. The van der Waals surface area contributed by atoms with Crippen LogP contribution < -0.4 is 0 Å². The fourth-order valence-electron chi connectivity index (χ4n) is 4.02. The van der Waals surface area contributed by atoms with E-state index < -0.39 is 11.9 Å². The number of hydrogen-bond acceptors (Lipinski definition) is 7. The Labute approximate surface area is 183 Å². The van der Waals surface area contributed by atoms with Crippen molar-refractivity contribution in [2.45, 2.75) is 12.2 Å². The Morgan fingerprint density at radius 1 is 1.26 bits per heavy atom. The highest BCUT2D eigenvalue weighted by Crippen LogP contribution is 2.13. The lowest BCUT2D eigenvalue weighted by atomic mass is 10.1. The predicted molar refractivity (Wildman–Crippen MR) is 114 cm³/mol. The van der Waals surface area contributed by atoms with Crippen LogP contribution in [0, 0.1) is 5.82 Å². The van der Waals surface area contributed by atoms with Crippen LogP contribution in [0.15, 0.2) is 24.3 Å². The summed E-state index contributed by atoms with van der Waals surface area (Å²) in [5.41, 5.74) is 0.310. The number of hydrogen-bond donors (Lipinski definition) is 1. The second-order valence-electron chi connectivity index (χ2n) is 8.07. The zero-order chi connectivity index (χ0) is 22.1. The number of methoxy groups -OCH3 is 1. The number of halogens is 1. The summed E-state index contributed by atoms with van der Waals surface area (Å²) in [6.45, 7) is 7.38. The molecule has 0 aliphatic carbocycles. The first-order valence-electron chi connectivity index (χ1n) is 10.9. The van der Waals surface area contributed by atoms with Crippen LogP contribution in [0.2, 0.25) is 0 Å². The minimum atomic E-state index is -0.449. The molecular formula is C22H34FN3O5. The van der Waals surface area contributed by atoms with Gasteiger partial charge in [-0.1, -0.05) is 6.07 Å². The molecule has 0 radical (unpaired) electrons. The molecular weight excluding hydrogens is 405 g/mol. The number of aliphatic hydroxyl groups excluding tert-OH is 1. The summed E-state index contributed by atoms with van der Waals surface area (Å²) in [6, 6.07) is 5.71. The molecule has 0 saturated carbocycles. The second-order valence-corrected chi connectivity index (χ2v) is 8.07. The third-order valence-electron chi connectivity index (χ3n) is 5.61. The Morgan fingerprint density at radius 3 is 2.74 bits per heavy atom. The second kappa shape index (κ2) is 12.4. The number of nitrogens with zero attached hydrogens (tertiary/aromatic N) is 3. The first kappa shape index (κ1) is 24.0. The Bertz CT molecular complexity index is 689. The molecule has 1 aromatic carbocycles. The first-order valence-corrected chi connectivity index (χ1v) is 10.9. The lowest BCUT2D eigenvalue weighted by molar-refractivity contribution is -0.0564. The van der Waals surface area contributed by atoms with E-state index in [1.165, 1.54) is 18.2 Å². The highest BCUT2D eigenvalue weighted by Gasteiger charge is 2.27. The van der Waals surface area contributed by atoms with E-state index >= 15 is 0 Å². The Morgan fingerprint density at radius 2 is 2.00 bits per heavy atom. The molecule has 174 valence electrons. The SMILES string of the molecule is COCCN(C[C@@H]1CN(C[C@@H](O)CN2CCOCC2)CCO1)C(=O)c1cccc(F)c1. The van der Waals surface area contributed by atoms with Gasteiger partial charge < -0.3 is 24.2 Å². The van der Waals surface area contributed by atoms with Crippen molar-refractivity contribution in [3.8, 4) is 0 Å². The molecule has 9 heteroatoms. The predicted octanol–water partition coefficient (Wildman–Crippen LogP) is 0.308. The van der Waals surface area contributed by atoms with E-state index in [4.69, 9.17) is 14.2 Å². The third-order valence-corrected chi connectivity index (χ3v) is 5.61. The number of amides is 1. The maximum atomic E-state index is 13.6. The summed E-state index contributed by atoms with van der Waals surface area (Å²) in [5, 5.41) is 10.5. The summed E-state index contributed by atoms with van der Waals surface area (Å²) < 4.78 is 30.0. The van der Waals surface area contributed by atoms with E-state index in [2.05, 4.69) is 9.80 Å². The Hall–Kier alpha value is -1.62. The van der Waals surface area contributed by atoms with Gasteiger partial charge in [-0.25, -0.2) is 4.39 Å². The Balaban J connectivity index is 1.53. The molecule has 8 nitrogen and oxygen atoms in total. The van der Waals surface area contributed by atoms with Gasteiger partial charge in [-0.15, -0.1) is 0 Å². The number of ether oxygens (including phenoxy) is 3. The fourth-order valence-corrected chi connectivity index (χ4v) is 4.02. The molecule has 2 aliphatic rings. The minimum absolute atomic E-state index is 0.182. The zero-order valence-electron chi connectivity index (χ0n) is 18.2. The van der Waals surface area contributed by atoms with Crippen LogP contribution in [0.3, 0.4) is 0 Å². The lowest BCUT2D eigenvalue weighted by Gasteiger charge is -2.37. The monoisotopic (exact) mass is 439 g/mol. The van der Waals surface area contributed by atoms with Gasteiger partial charge in [0.25, 0.3) is 5.91 Å². The van der Waals surface area contributed by atoms with Crippen molar-refractivity contribution in [1.29, 1.82) is 0 Å². The van der Waals surface area contributed by atoms with Crippen LogP contribution in [0.5, 0.6) is 0 Å². The largest absolute Gasteiger partial charge is 0.390 e. The molecule has 0 spiro atoms. The molecule has 1 amide bonds. The van der Waals surface area contributed by atoms with Crippen molar-refractivity contribution in [1.82, 2.24) is 14.7 Å². The van der Waals surface area contributed by atoms with Crippen LogP contribution in [-0.2, 0) is 14.2 Å². The van der Waals surface area contributed by atoms with Crippen molar-refractivity contribution in [3.05, 3.63) is 35.6 Å². The summed E-state index contributed by atoms with van der Waals surface area (Å²) in [7, 11) is 1.58. The van der Waals surface area contributed by atoms with Gasteiger partial charge in [-0.2, -0.15) is 0 Å². The minimum Gasteiger partial charge on any atom is -0.390 e. The van der Waals surface area contributed by atoms with Gasteiger partial charge in [0.2, 0.25) is 0 Å². The molecule has 0 unspecified atom stereocenters. The van der Waals surface area contributed by atoms with Crippen molar-refractivity contribution in [2.75, 3.05) is 85.9 Å². The highest BCUT2D eigenvalue weighted by atomic mass is 19.1. The molecule has 31 heavy (non-hydrogen) atoms. The quantitative estimate of drug-likeness (QED) is 0.562. The standard InChI is InChI=1S/C22H34FN3O5/c1-29-9-8-26(22(28)18-3-2-4-19(23)13-18)17-21-16-25(7-12-31-21)15-20(27)14-24-5-10-30-11-6-24/h2-4,13,20-21,27H,5-12,14-17H2,1H3/t20-,21-/m0/s1. The van der Waals surface area contributed by atoms with Gasteiger partial charge in [-0.3, -0.25) is 14.6 Å². The van der Waals surface area contributed by atoms with Crippen LogP contribution in [0.25, 0.3) is 0 Å². The van der Waals surface area contributed by atoms with E-state index in [-0.39, 0.29) is 12.0 Å². The zero-order valence-corrected chi connectivity index (χ0v) is 18.2. The van der Waals surface area contributed by atoms with Gasteiger partial charge in [0.05, 0.1) is 38.6 Å². The maximum Gasteiger partial charge on any atom is 0.254 e. The Kier molecular flexibility index (Phi) is 9.63. The number of carbonyl (C=O) groups is 1. The highest BCUT2D eigenvalue weighted by molar-refractivity contribution is 5.94. The third kappa shape index (κ3) is 7.78. The van der Waals surface area contributed by atoms with E-state index in [1.54, 1.807) is 18.1 Å². The molecule has 1 N–H and O–H groups in total. The molecule has 0 aromatic heterocycles. The summed E-state index contributed by atoms with van der Waals surface area (Å²) in [4.78, 5) is 19.0. The molecule has 2 aliphatic heterocycles. The lowest BCUT2D eigenvalue weighted by Crippen LogP contribution is -2.52. The summed E-state index contributed by atoms with van der Waals surface area (Å²) in [6.07, 6.45) is -0.630. The molecule has 2 heterocycles. The molecule has 0 bridgehead atoms. The van der Waals surface area contributed by atoms with E-state index in [0.29, 0.717) is 64.7 Å². The van der Waals surface area contributed by atoms with Gasteiger partial charge >= 0.3 is 0 Å². The normalized spacial score (nSPS) is 21.7. The van der Waals surface area contributed by atoms with E-state index in [9.17, 15) is 14.3 Å². The molecule has 2 atom stereocenters. The number of carbonyl (C=O) groups excluding carboxylic acids is 1. The maximum absolute atomic E-state index is 13.6. The van der Waals surface area contributed by atoms with Crippen LogP contribution in [0.1, 0.15) is 10.4 Å². The summed E-state index contributed by atoms with van der Waals surface area (Å²) in [5.74, 6) is -0.684. The number of morpholine rings is 2. The van der Waals surface area contributed by atoms with Gasteiger partial charge in [-0.05, 0) is 18.2 Å². The van der Waals surface area contributed by atoms with E-state index in [1.807, 2.05) is 0 Å². The van der Waals surface area contributed by atoms with Gasteiger partial charge in [0.1, 0.15) is 5.82 Å². The number of aliphatic hydroxyl groups is 1. The van der Waals surface area contributed by atoms with Gasteiger partial charge in [0.15, 0.2) is 0 Å². The fraction of sp³-hybridized carbons (Fsp3) is 0.682. The first-order chi connectivity index (χ1) is 15.0. The summed E-state index contributed by atoms with van der Waals surface area (Å²) >= 11 is 0. The average Bonchev–Trinajstić information content (AvgIpc) is 2.77. The topological polar surface area (TPSA) is 74.7 Å². The van der Waals surface area contributed by atoms with Crippen LogP contribution >= 0.6 is 0 Å². The smallest absolute Gasteiger partial charge is 0.254 e. The van der Waals surface area contributed by atoms with Crippen molar-refractivity contribution >= 4 is 5.91 Å². The van der Waals surface area contributed by atoms with Crippen molar-refractivity contribution < 1.29 is 28.5 Å².